The van der Waals surface area contributed by atoms with Gasteiger partial charge in [0.2, 0.25) is 0 Å². The molecule has 7 heteroatoms. The fourth-order valence-electron chi connectivity index (χ4n) is 3.43. The zero-order chi connectivity index (χ0) is 21.2. The van der Waals surface area contributed by atoms with E-state index in [-0.39, 0.29) is 29.5 Å². The molecule has 0 unspecified atom stereocenters. The number of hydrogen-bond donors (Lipinski definition) is 2. The zero-order valence-electron chi connectivity index (χ0n) is 18.8. The first-order valence-electron chi connectivity index (χ1n) is 10.6. The number of guanidine groups is 1. The fraction of sp³-hybridized carbons (Fsp3) is 0.458. The molecule has 2 N–H and O–H groups in total. The zero-order valence-corrected chi connectivity index (χ0v) is 21.1. The van der Waals surface area contributed by atoms with Gasteiger partial charge in [-0.15, -0.1) is 24.0 Å². The maximum absolute atomic E-state index is 5.86. The standard InChI is InChI=1S/C24H34N4O2.HI/c1-24(2,28-13-15-29-16-14-28)19-27-23(25-3)26-17-20-9-11-22(12-10-20)30-18-21-7-5-4-6-8-21;/h4-12H,13-19H2,1-3H3,(H2,25,26,27);1H. The maximum atomic E-state index is 5.86. The number of aliphatic imine (C=N–C) groups is 1. The Kier molecular flexibility index (Phi) is 10.6. The second kappa shape index (κ2) is 12.9. The lowest BCUT2D eigenvalue weighted by molar-refractivity contribution is -0.00834. The van der Waals surface area contributed by atoms with E-state index in [0.29, 0.717) is 13.2 Å². The molecule has 0 bridgehead atoms. The van der Waals surface area contributed by atoms with Gasteiger partial charge < -0.3 is 20.1 Å². The predicted molar refractivity (Wildman–Crippen MR) is 137 cm³/mol. The van der Waals surface area contributed by atoms with Crippen LogP contribution in [0.25, 0.3) is 0 Å². The van der Waals surface area contributed by atoms with Crippen LogP contribution in [0.2, 0.25) is 0 Å². The normalized spacial score (nSPS) is 15.1. The molecule has 0 radical (unpaired) electrons. The van der Waals surface area contributed by atoms with E-state index in [2.05, 4.69) is 58.6 Å². The van der Waals surface area contributed by atoms with Crippen molar-refractivity contribution in [3.63, 3.8) is 0 Å². The molecular formula is C24H35IN4O2. The lowest BCUT2D eigenvalue weighted by Crippen LogP contribution is -2.56. The van der Waals surface area contributed by atoms with Crippen LogP contribution in [-0.2, 0) is 17.9 Å². The van der Waals surface area contributed by atoms with Crippen molar-refractivity contribution in [3.8, 4) is 5.75 Å². The molecule has 0 atom stereocenters. The highest BCUT2D eigenvalue weighted by Crippen LogP contribution is 2.16. The van der Waals surface area contributed by atoms with Gasteiger partial charge in [-0.2, -0.15) is 0 Å². The molecule has 31 heavy (non-hydrogen) atoms. The predicted octanol–water partition coefficient (Wildman–Crippen LogP) is 3.66. The minimum Gasteiger partial charge on any atom is -0.489 e. The Balaban J connectivity index is 0.00000341. The van der Waals surface area contributed by atoms with Gasteiger partial charge in [0.05, 0.1) is 13.2 Å². The summed E-state index contributed by atoms with van der Waals surface area (Å²) in [6, 6.07) is 18.4. The average molecular weight is 538 g/mol. The molecule has 0 aromatic heterocycles. The van der Waals surface area contributed by atoms with E-state index in [1.807, 2.05) is 30.3 Å². The number of nitrogens with zero attached hydrogens (tertiary/aromatic N) is 2. The number of nitrogens with one attached hydrogen (secondary N) is 2. The smallest absolute Gasteiger partial charge is 0.191 e. The topological polar surface area (TPSA) is 58.1 Å². The van der Waals surface area contributed by atoms with E-state index < -0.39 is 0 Å². The number of morpholine rings is 1. The highest BCUT2D eigenvalue weighted by atomic mass is 127. The number of benzene rings is 2. The minimum atomic E-state index is 0. The Morgan fingerprint density at radius 3 is 2.32 bits per heavy atom. The lowest BCUT2D eigenvalue weighted by Gasteiger charge is -2.41. The van der Waals surface area contributed by atoms with Gasteiger partial charge >= 0.3 is 0 Å². The van der Waals surface area contributed by atoms with Gasteiger partial charge in [0, 0.05) is 38.8 Å². The van der Waals surface area contributed by atoms with Crippen LogP contribution in [0, 0.1) is 0 Å². The Bertz CT molecular complexity index is 791. The molecule has 0 saturated carbocycles. The molecular weight excluding hydrogens is 503 g/mol. The van der Waals surface area contributed by atoms with Crippen LogP contribution in [0.15, 0.2) is 59.6 Å². The van der Waals surface area contributed by atoms with Gasteiger partial charge in [-0.3, -0.25) is 9.89 Å². The van der Waals surface area contributed by atoms with Crippen molar-refractivity contribution in [1.82, 2.24) is 15.5 Å². The summed E-state index contributed by atoms with van der Waals surface area (Å²) in [5.41, 5.74) is 2.38. The summed E-state index contributed by atoms with van der Waals surface area (Å²) < 4.78 is 11.3. The summed E-state index contributed by atoms with van der Waals surface area (Å²) in [4.78, 5) is 6.82. The summed E-state index contributed by atoms with van der Waals surface area (Å²) in [5.74, 6) is 1.68. The third-order valence-electron chi connectivity index (χ3n) is 5.41. The molecule has 2 aromatic rings. The van der Waals surface area contributed by atoms with Crippen LogP contribution in [0.4, 0.5) is 0 Å². The van der Waals surface area contributed by atoms with Crippen molar-refractivity contribution < 1.29 is 9.47 Å². The van der Waals surface area contributed by atoms with Gasteiger partial charge in [-0.25, -0.2) is 0 Å². The van der Waals surface area contributed by atoms with Crippen molar-refractivity contribution in [1.29, 1.82) is 0 Å². The Labute approximate surface area is 203 Å². The van der Waals surface area contributed by atoms with E-state index in [9.17, 15) is 0 Å². The van der Waals surface area contributed by atoms with E-state index in [4.69, 9.17) is 9.47 Å². The number of rotatable bonds is 8. The summed E-state index contributed by atoms with van der Waals surface area (Å²) in [7, 11) is 1.80. The molecule has 0 aliphatic carbocycles. The number of hydrogen-bond acceptors (Lipinski definition) is 4. The van der Waals surface area contributed by atoms with Crippen molar-refractivity contribution in [2.45, 2.75) is 32.5 Å². The maximum Gasteiger partial charge on any atom is 0.191 e. The van der Waals surface area contributed by atoms with Gasteiger partial charge in [0.25, 0.3) is 0 Å². The molecule has 1 aliphatic heterocycles. The number of ether oxygens (including phenoxy) is 2. The van der Waals surface area contributed by atoms with Crippen molar-refractivity contribution >= 4 is 29.9 Å². The van der Waals surface area contributed by atoms with Gasteiger partial charge in [-0.1, -0.05) is 42.5 Å². The Hall–Kier alpha value is -1.84. The number of halogens is 1. The van der Waals surface area contributed by atoms with Crippen molar-refractivity contribution in [3.05, 3.63) is 65.7 Å². The summed E-state index contributed by atoms with van der Waals surface area (Å²) >= 11 is 0. The fourth-order valence-corrected chi connectivity index (χ4v) is 3.43. The summed E-state index contributed by atoms with van der Waals surface area (Å²) in [6.45, 7) is 10.2. The third-order valence-corrected chi connectivity index (χ3v) is 5.41. The first-order chi connectivity index (χ1) is 14.6. The molecule has 1 fully saturated rings. The van der Waals surface area contributed by atoms with Crippen LogP contribution in [-0.4, -0.2) is 56.3 Å². The summed E-state index contributed by atoms with van der Waals surface area (Å²) in [5, 5.41) is 6.85. The quantitative estimate of drug-likeness (QED) is 0.305. The molecule has 1 heterocycles. The second-order valence-corrected chi connectivity index (χ2v) is 8.11. The molecule has 3 rings (SSSR count). The van der Waals surface area contributed by atoms with Crippen LogP contribution < -0.4 is 15.4 Å². The monoisotopic (exact) mass is 538 g/mol. The Morgan fingerprint density at radius 2 is 1.68 bits per heavy atom. The molecule has 2 aromatic carbocycles. The third kappa shape index (κ3) is 8.31. The SMILES string of the molecule is CN=C(NCc1ccc(OCc2ccccc2)cc1)NCC(C)(C)N1CCOCC1.I. The summed E-state index contributed by atoms with van der Waals surface area (Å²) in [6.07, 6.45) is 0. The average Bonchev–Trinajstić information content (AvgIpc) is 2.80. The van der Waals surface area contributed by atoms with Crippen molar-refractivity contribution in [2.75, 3.05) is 39.9 Å². The molecule has 170 valence electrons. The van der Waals surface area contributed by atoms with Crippen molar-refractivity contribution in [2.24, 2.45) is 4.99 Å². The molecule has 0 amide bonds. The van der Waals surface area contributed by atoms with Crippen LogP contribution >= 0.6 is 24.0 Å². The van der Waals surface area contributed by atoms with Gasteiger partial charge in [-0.05, 0) is 37.1 Å². The highest BCUT2D eigenvalue weighted by molar-refractivity contribution is 14.0. The second-order valence-electron chi connectivity index (χ2n) is 8.11. The van der Waals surface area contributed by atoms with Crippen LogP contribution in [0.5, 0.6) is 5.75 Å². The van der Waals surface area contributed by atoms with Gasteiger partial charge in [0.15, 0.2) is 5.96 Å². The minimum absolute atomic E-state index is 0. The first kappa shape index (κ1) is 25.4. The lowest BCUT2D eigenvalue weighted by atomic mass is 10.0. The van der Waals surface area contributed by atoms with E-state index >= 15 is 0 Å². The van der Waals surface area contributed by atoms with Gasteiger partial charge in [0.1, 0.15) is 12.4 Å². The van der Waals surface area contributed by atoms with Crippen LogP contribution in [0.1, 0.15) is 25.0 Å². The molecule has 6 nitrogen and oxygen atoms in total. The molecule has 1 aliphatic rings. The molecule has 0 spiro atoms. The largest absolute Gasteiger partial charge is 0.489 e. The van der Waals surface area contributed by atoms with E-state index in [1.54, 1.807) is 7.05 Å². The van der Waals surface area contributed by atoms with Crippen LogP contribution in [0.3, 0.4) is 0 Å². The molecule has 1 saturated heterocycles. The van der Waals surface area contributed by atoms with E-state index in [1.165, 1.54) is 5.56 Å². The first-order valence-corrected chi connectivity index (χ1v) is 10.6. The highest BCUT2D eigenvalue weighted by Gasteiger charge is 2.28. The van der Waals surface area contributed by atoms with E-state index in [0.717, 1.165) is 50.1 Å². The Morgan fingerprint density at radius 1 is 1.00 bits per heavy atom.